The molecule has 182 valence electrons. The SMILES string of the molecule is CCOC(=O)c1cc(CN2C(=O)c3ccccc3C2=O)sc1NC(=O)C12CC3CC(CC(C3)C1)C2. The number of amides is 3. The average Bonchev–Trinajstić information content (AvgIpc) is 3.33. The molecule has 1 aromatic heterocycles. The Morgan fingerprint density at radius 1 is 1.03 bits per heavy atom. The fraction of sp³-hybridized carbons (Fsp3) is 0.481. The zero-order chi connectivity index (χ0) is 24.3. The van der Waals surface area contributed by atoms with Crippen molar-refractivity contribution in [3.8, 4) is 0 Å². The maximum Gasteiger partial charge on any atom is 0.341 e. The molecular weight excluding hydrogens is 464 g/mol. The van der Waals surface area contributed by atoms with Crippen LogP contribution in [0.2, 0.25) is 0 Å². The zero-order valence-corrected chi connectivity index (χ0v) is 20.5. The van der Waals surface area contributed by atoms with Crippen LogP contribution in [0, 0.1) is 23.2 Å². The first kappa shape index (κ1) is 22.5. The lowest BCUT2D eigenvalue weighted by atomic mass is 9.49. The van der Waals surface area contributed by atoms with E-state index in [4.69, 9.17) is 4.74 Å². The Bertz CT molecular complexity index is 1180. The molecule has 8 heteroatoms. The van der Waals surface area contributed by atoms with Gasteiger partial charge in [0.15, 0.2) is 0 Å². The van der Waals surface area contributed by atoms with Gasteiger partial charge in [0.2, 0.25) is 5.91 Å². The second kappa shape index (κ2) is 8.29. The minimum Gasteiger partial charge on any atom is -0.462 e. The second-order valence-electron chi connectivity index (χ2n) is 10.6. The van der Waals surface area contributed by atoms with Crippen LogP contribution in [0.5, 0.6) is 0 Å². The van der Waals surface area contributed by atoms with Gasteiger partial charge >= 0.3 is 5.97 Å². The quantitative estimate of drug-likeness (QED) is 0.459. The van der Waals surface area contributed by atoms with E-state index in [1.807, 2.05) is 0 Å². The Morgan fingerprint density at radius 3 is 2.14 bits per heavy atom. The van der Waals surface area contributed by atoms with E-state index in [9.17, 15) is 19.2 Å². The van der Waals surface area contributed by atoms with Gasteiger partial charge in [0, 0.05) is 4.88 Å². The van der Waals surface area contributed by atoms with Crippen molar-refractivity contribution in [3.05, 3.63) is 51.9 Å². The summed E-state index contributed by atoms with van der Waals surface area (Å²) in [5.74, 6) is 0.666. The van der Waals surface area contributed by atoms with Crippen LogP contribution in [0.25, 0.3) is 0 Å². The molecule has 0 spiro atoms. The van der Waals surface area contributed by atoms with Gasteiger partial charge in [-0.15, -0.1) is 11.3 Å². The molecule has 2 aromatic rings. The van der Waals surface area contributed by atoms with Gasteiger partial charge in [0.05, 0.1) is 35.3 Å². The standard InChI is InChI=1S/C27H28N2O5S/c1-2-34-25(32)21-10-18(14-29-23(30)19-5-3-4-6-20(19)24(29)31)35-22(21)28-26(33)27-11-15-7-16(12-27)9-17(8-15)13-27/h3-6,10,15-17H,2,7-9,11-14H2,1H3,(H,28,33). The summed E-state index contributed by atoms with van der Waals surface area (Å²) in [6.45, 7) is 1.99. The number of imide groups is 1. The van der Waals surface area contributed by atoms with Gasteiger partial charge in [-0.3, -0.25) is 19.3 Å². The van der Waals surface area contributed by atoms with E-state index >= 15 is 0 Å². The van der Waals surface area contributed by atoms with Gasteiger partial charge < -0.3 is 10.1 Å². The summed E-state index contributed by atoms with van der Waals surface area (Å²) >= 11 is 1.24. The molecular formula is C27H28N2O5S. The number of fused-ring (bicyclic) bond motifs is 1. The Kier molecular flexibility index (Phi) is 5.32. The average molecular weight is 493 g/mol. The molecule has 35 heavy (non-hydrogen) atoms. The molecule has 1 N–H and O–H groups in total. The third kappa shape index (κ3) is 3.69. The van der Waals surface area contributed by atoms with E-state index in [1.54, 1.807) is 37.3 Å². The van der Waals surface area contributed by atoms with E-state index in [-0.39, 0.29) is 41.9 Å². The summed E-state index contributed by atoms with van der Waals surface area (Å²) in [6, 6.07) is 8.39. The Hall–Kier alpha value is -3.00. The predicted molar refractivity (Wildman–Crippen MR) is 130 cm³/mol. The van der Waals surface area contributed by atoms with Crippen molar-refractivity contribution in [2.75, 3.05) is 11.9 Å². The first-order chi connectivity index (χ1) is 16.9. The number of ether oxygens (including phenoxy) is 1. The first-order valence-electron chi connectivity index (χ1n) is 12.4. The van der Waals surface area contributed by atoms with Crippen molar-refractivity contribution in [1.82, 2.24) is 4.90 Å². The lowest BCUT2D eigenvalue weighted by Gasteiger charge is -2.55. The highest BCUT2D eigenvalue weighted by Crippen LogP contribution is 2.60. The van der Waals surface area contributed by atoms with Crippen molar-refractivity contribution >= 4 is 40.0 Å². The number of carbonyl (C=O) groups excluding carboxylic acids is 4. The monoisotopic (exact) mass is 492 g/mol. The molecule has 4 fully saturated rings. The number of hydrogen-bond donors (Lipinski definition) is 1. The highest BCUT2D eigenvalue weighted by Gasteiger charge is 2.54. The molecule has 0 atom stereocenters. The van der Waals surface area contributed by atoms with E-state index in [2.05, 4.69) is 5.32 Å². The Labute approximate surface area is 207 Å². The molecule has 2 heterocycles. The number of esters is 1. The number of anilines is 1. The number of thiophene rings is 1. The van der Waals surface area contributed by atoms with Crippen LogP contribution in [-0.4, -0.2) is 35.2 Å². The van der Waals surface area contributed by atoms with Crippen LogP contribution in [0.3, 0.4) is 0 Å². The molecule has 7 rings (SSSR count). The number of nitrogens with one attached hydrogen (secondary N) is 1. The summed E-state index contributed by atoms with van der Waals surface area (Å²) in [7, 11) is 0. The number of nitrogens with zero attached hydrogens (tertiary/aromatic N) is 1. The molecule has 4 saturated carbocycles. The molecule has 5 aliphatic rings. The zero-order valence-electron chi connectivity index (χ0n) is 19.7. The number of rotatable bonds is 6. The molecule has 1 aromatic carbocycles. The first-order valence-corrected chi connectivity index (χ1v) is 13.2. The van der Waals surface area contributed by atoms with Crippen molar-refractivity contribution in [1.29, 1.82) is 0 Å². The molecule has 4 aliphatic carbocycles. The van der Waals surface area contributed by atoms with Crippen LogP contribution in [-0.2, 0) is 16.1 Å². The van der Waals surface area contributed by atoms with Crippen LogP contribution in [0.4, 0.5) is 5.00 Å². The maximum atomic E-state index is 13.6. The smallest absolute Gasteiger partial charge is 0.341 e. The van der Waals surface area contributed by atoms with E-state index in [0.29, 0.717) is 38.8 Å². The van der Waals surface area contributed by atoms with Crippen molar-refractivity contribution in [2.45, 2.75) is 52.0 Å². The third-order valence-electron chi connectivity index (χ3n) is 8.22. The lowest BCUT2D eigenvalue weighted by molar-refractivity contribution is -0.140. The van der Waals surface area contributed by atoms with Crippen molar-refractivity contribution in [3.63, 3.8) is 0 Å². The van der Waals surface area contributed by atoms with E-state index in [0.717, 1.165) is 19.3 Å². The third-order valence-corrected chi connectivity index (χ3v) is 9.25. The number of benzene rings is 1. The van der Waals surface area contributed by atoms with E-state index in [1.165, 1.54) is 35.5 Å². The normalized spacial score (nSPS) is 28.4. The van der Waals surface area contributed by atoms with Crippen LogP contribution in [0.15, 0.2) is 30.3 Å². The van der Waals surface area contributed by atoms with Gasteiger partial charge in [-0.1, -0.05) is 12.1 Å². The number of carbonyl (C=O) groups is 4. The largest absolute Gasteiger partial charge is 0.462 e. The van der Waals surface area contributed by atoms with Gasteiger partial charge in [-0.25, -0.2) is 4.79 Å². The minimum atomic E-state index is -0.516. The fourth-order valence-corrected chi connectivity index (χ4v) is 8.16. The van der Waals surface area contributed by atoms with Gasteiger partial charge in [-0.2, -0.15) is 0 Å². The van der Waals surface area contributed by atoms with Crippen molar-refractivity contribution < 1.29 is 23.9 Å². The fourth-order valence-electron chi connectivity index (χ4n) is 7.14. The summed E-state index contributed by atoms with van der Waals surface area (Å²) in [6.07, 6.45) is 6.49. The Balaban J connectivity index is 1.26. The molecule has 0 unspecified atom stereocenters. The molecule has 7 nitrogen and oxygen atoms in total. The lowest BCUT2D eigenvalue weighted by Crippen LogP contribution is -2.51. The molecule has 4 bridgehead atoms. The van der Waals surface area contributed by atoms with Crippen molar-refractivity contribution in [2.24, 2.45) is 23.2 Å². The minimum absolute atomic E-state index is 0.00345. The molecule has 0 saturated heterocycles. The van der Waals surface area contributed by atoms with Crippen LogP contribution >= 0.6 is 11.3 Å². The summed E-state index contributed by atoms with van der Waals surface area (Å²) < 4.78 is 5.24. The second-order valence-corrected chi connectivity index (χ2v) is 11.7. The Morgan fingerprint density at radius 2 is 1.60 bits per heavy atom. The number of hydrogen-bond acceptors (Lipinski definition) is 6. The molecule has 3 amide bonds. The highest BCUT2D eigenvalue weighted by molar-refractivity contribution is 7.16. The summed E-state index contributed by atoms with van der Waals surface area (Å²) in [5.41, 5.74) is 0.694. The predicted octanol–water partition coefficient (Wildman–Crippen LogP) is 4.88. The molecule has 1 aliphatic heterocycles. The summed E-state index contributed by atoms with van der Waals surface area (Å²) in [5, 5.41) is 3.52. The van der Waals surface area contributed by atoms with Crippen LogP contribution < -0.4 is 5.32 Å². The molecule has 0 radical (unpaired) electrons. The van der Waals surface area contributed by atoms with Gasteiger partial charge in [-0.05, 0) is 81.4 Å². The highest BCUT2D eigenvalue weighted by atomic mass is 32.1. The van der Waals surface area contributed by atoms with Gasteiger partial charge in [0.25, 0.3) is 11.8 Å². The topological polar surface area (TPSA) is 92.8 Å². The maximum absolute atomic E-state index is 13.6. The van der Waals surface area contributed by atoms with Gasteiger partial charge in [0.1, 0.15) is 5.00 Å². The van der Waals surface area contributed by atoms with E-state index < -0.39 is 5.97 Å². The van der Waals surface area contributed by atoms with Crippen LogP contribution in [0.1, 0.15) is 81.4 Å². The summed E-state index contributed by atoms with van der Waals surface area (Å²) in [4.78, 5) is 53.9.